The number of rotatable bonds is 5. The van der Waals surface area contributed by atoms with Crippen LogP contribution in [-0.4, -0.2) is 42.8 Å². The molecule has 0 aliphatic carbocycles. The summed E-state index contributed by atoms with van der Waals surface area (Å²) in [5.41, 5.74) is 0.536. The number of benzene rings is 1. The molecule has 0 bridgehead atoms. The van der Waals surface area contributed by atoms with Gasteiger partial charge in [0.1, 0.15) is 6.10 Å². The maximum atomic E-state index is 12.3. The zero-order chi connectivity index (χ0) is 16.1. The Bertz CT molecular complexity index is 475. The summed E-state index contributed by atoms with van der Waals surface area (Å²) in [5, 5.41) is 8.90. The van der Waals surface area contributed by atoms with Gasteiger partial charge in [-0.25, -0.2) is 4.79 Å². The number of hydrogen-bond donors (Lipinski definition) is 1. The molecule has 0 saturated carbocycles. The number of carbonyl (C=O) groups excluding carboxylic acids is 1. The summed E-state index contributed by atoms with van der Waals surface area (Å²) in [6, 6.07) is 8.95. The van der Waals surface area contributed by atoms with Gasteiger partial charge in [0.15, 0.2) is 6.29 Å². The zero-order valence-electron chi connectivity index (χ0n) is 13.3. The van der Waals surface area contributed by atoms with Crippen LogP contribution in [-0.2, 0) is 14.2 Å². The van der Waals surface area contributed by atoms with Crippen LogP contribution in [0.25, 0.3) is 0 Å². The lowest BCUT2D eigenvalue weighted by atomic mass is 9.86. The Morgan fingerprint density at radius 2 is 1.86 bits per heavy atom. The summed E-state index contributed by atoms with van der Waals surface area (Å²) in [6.07, 6.45) is -0.861. The molecule has 1 saturated heterocycles. The van der Waals surface area contributed by atoms with Gasteiger partial charge < -0.3 is 19.3 Å². The summed E-state index contributed by atoms with van der Waals surface area (Å²) < 4.78 is 17.0. The van der Waals surface area contributed by atoms with E-state index in [2.05, 4.69) is 0 Å². The lowest BCUT2D eigenvalue weighted by molar-refractivity contribution is -0.258. The highest BCUT2D eigenvalue weighted by Gasteiger charge is 2.42. The summed E-state index contributed by atoms with van der Waals surface area (Å²) in [7, 11) is 0. The van der Waals surface area contributed by atoms with E-state index < -0.39 is 6.29 Å². The van der Waals surface area contributed by atoms with Crippen LogP contribution in [0.2, 0.25) is 0 Å². The second-order valence-electron chi connectivity index (χ2n) is 5.76. The zero-order valence-corrected chi connectivity index (χ0v) is 13.3. The minimum absolute atomic E-state index is 0.0645. The number of carbonyl (C=O) groups is 1. The Hall–Kier alpha value is -1.43. The van der Waals surface area contributed by atoms with E-state index in [-0.39, 0.29) is 43.2 Å². The van der Waals surface area contributed by atoms with Crippen LogP contribution in [0.4, 0.5) is 0 Å². The second kappa shape index (κ2) is 7.72. The Labute approximate surface area is 131 Å². The first-order valence-corrected chi connectivity index (χ1v) is 7.68. The van der Waals surface area contributed by atoms with Crippen LogP contribution in [0, 0.1) is 11.8 Å². The number of aliphatic hydroxyl groups excluding tert-OH is 1. The smallest absolute Gasteiger partial charge is 0.338 e. The molecule has 1 aromatic carbocycles. The minimum atomic E-state index is -0.480. The van der Waals surface area contributed by atoms with Crippen LogP contribution in [0.5, 0.6) is 0 Å². The molecule has 2 rings (SSSR count). The Morgan fingerprint density at radius 3 is 2.50 bits per heavy atom. The average Bonchev–Trinajstić information content (AvgIpc) is 2.54. The molecule has 1 N–H and O–H groups in total. The molecule has 0 aromatic heterocycles. The highest BCUT2D eigenvalue weighted by molar-refractivity contribution is 5.89. The van der Waals surface area contributed by atoms with E-state index in [1.807, 2.05) is 39.0 Å². The van der Waals surface area contributed by atoms with Crippen molar-refractivity contribution in [3.63, 3.8) is 0 Å². The summed E-state index contributed by atoms with van der Waals surface area (Å²) in [6.45, 7) is 6.02. The maximum Gasteiger partial charge on any atom is 0.338 e. The van der Waals surface area contributed by atoms with Gasteiger partial charge in [-0.2, -0.15) is 0 Å². The standard InChI is InChI=1S/C17H24O5/c1-11-13(3)21-17(20-10-9-18)12(2)15(11)22-16(19)14-7-5-4-6-8-14/h4-8,11-13,15,17-18H,9-10H2,1-3H3/t11-,12+,13+,15-,17?/m1/s1. The molecule has 1 aliphatic heterocycles. The molecular formula is C17H24O5. The molecule has 0 amide bonds. The van der Waals surface area contributed by atoms with Gasteiger partial charge in [0.25, 0.3) is 0 Å². The van der Waals surface area contributed by atoms with Crippen molar-refractivity contribution < 1.29 is 24.1 Å². The van der Waals surface area contributed by atoms with E-state index in [1.165, 1.54) is 0 Å². The van der Waals surface area contributed by atoms with Crippen LogP contribution >= 0.6 is 0 Å². The van der Waals surface area contributed by atoms with E-state index in [1.54, 1.807) is 12.1 Å². The van der Waals surface area contributed by atoms with Crippen molar-refractivity contribution in [3.05, 3.63) is 35.9 Å². The number of aliphatic hydroxyl groups is 1. The van der Waals surface area contributed by atoms with Crippen molar-refractivity contribution >= 4 is 5.97 Å². The van der Waals surface area contributed by atoms with Crippen molar-refractivity contribution in [1.29, 1.82) is 0 Å². The van der Waals surface area contributed by atoms with Gasteiger partial charge in [-0.1, -0.05) is 32.0 Å². The fraction of sp³-hybridized carbons (Fsp3) is 0.588. The predicted octanol–water partition coefficient (Wildman–Crippen LogP) is 2.24. The quantitative estimate of drug-likeness (QED) is 0.845. The highest BCUT2D eigenvalue weighted by Crippen LogP contribution is 2.33. The van der Waals surface area contributed by atoms with Gasteiger partial charge in [-0.3, -0.25) is 0 Å². The van der Waals surface area contributed by atoms with Gasteiger partial charge in [-0.15, -0.1) is 0 Å². The van der Waals surface area contributed by atoms with Crippen LogP contribution < -0.4 is 0 Å². The molecule has 122 valence electrons. The lowest BCUT2D eigenvalue weighted by Crippen LogP contribution is -2.50. The molecule has 1 fully saturated rings. The van der Waals surface area contributed by atoms with E-state index in [0.29, 0.717) is 5.56 Å². The van der Waals surface area contributed by atoms with Gasteiger partial charge in [0.05, 0.1) is 24.9 Å². The fourth-order valence-corrected chi connectivity index (χ4v) is 2.70. The van der Waals surface area contributed by atoms with E-state index >= 15 is 0 Å². The maximum absolute atomic E-state index is 12.3. The van der Waals surface area contributed by atoms with E-state index in [0.717, 1.165) is 0 Å². The molecule has 1 unspecified atom stereocenters. The molecular weight excluding hydrogens is 284 g/mol. The molecule has 1 aromatic rings. The Kier molecular flexibility index (Phi) is 5.94. The molecule has 0 radical (unpaired) electrons. The number of ether oxygens (including phenoxy) is 3. The second-order valence-corrected chi connectivity index (χ2v) is 5.76. The molecule has 5 nitrogen and oxygen atoms in total. The first kappa shape index (κ1) is 16.9. The number of hydrogen-bond acceptors (Lipinski definition) is 5. The topological polar surface area (TPSA) is 65.0 Å². The number of esters is 1. The third kappa shape index (κ3) is 3.85. The van der Waals surface area contributed by atoms with Crippen molar-refractivity contribution in [2.45, 2.75) is 39.3 Å². The summed E-state index contributed by atoms with van der Waals surface area (Å²) in [4.78, 5) is 12.3. The normalized spacial score (nSPS) is 31.7. The van der Waals surface area contributed by atoms with Crippen molar-refractivity contribution in [2.75, 3.05) is 13.2 Å². The van der Waals surface area contributed by atoms with Gasteiger partial charge in [0, 0.05) is 11.8 Å². The van der Waals surface area contributed by atoms with Gasteiger partial charge in [-0.05, 0) is 19.1 Å². The molecule has 1 heterocycles. The van der Waals surface area contributed by atoms with Crippen molar-refractivity contribution in [1.82, 2.24) is 0 Å². The largest absolute Gasteiger partial charge is 0.458 e. The third-order valence-electron chi connectivity index (χ3n) is 4.18. The van der Waals surface area contributed by atoms with Gasteiger partial charge >= 0.3 is 5.97 Å². The van der Waals surface area contributed by atoms with Crippen LogP contribution in [0.1, 0.15) is 31.1 Å². The van der Waals surface area contributed by atoms with Gasteiger partial charge in [0.2, 0.25) is 0 Å². The molecule has 0 spiro atoms. The lowest BCUT2D eigenvalue weighted by Gasteiger charge is -2.42. The van der Waals surface area contributed by atoms with Crippen molar-refractivity contribution in [2.24, 2.45) is 11.8 Å². The van der Waals surface area contributed by atoms with E-state index in [4.69, 9.17) is 19.3 Å². The van der Waals surface area contributed by atoms with Crippen molar-refractivity contribution in [3.8, 4) is 0 Å². The summed E-state index contributed by atoms with van der Waals surface area (Å²) in [5.74, 6) is -0.374. The minimum Gasteiger partial charge on any atom is -0.458 e. The Morgan fingerprint density at radius 1 is 1.18 bits per heavy atom. The molecule has 5 atom stereocenters. The average molecular weight is 308 g/mol. The third-order valence-corrected chi connectivity index (χ3v) is 4.18. The SMILES string of the molecule is C[C@H]1[C@@H](OC(=O)c2ccccc2)[C@H](C)C(OCCO)O[C@H]1C. The monoisotopic (exact) mass is 308 g/mol. The molecule has 5 heteroatoms. The Balaban J connectivity index is 2.07. The molecule has 1 aliphatic rings. The first-order valence-electron chi connectivity index (χ1n) is 7.68. The first-order chi connectivity index (χ1) is 10.5. The highest BCUT2D eigenvalue weighted by atomic mass is 16.7. The van der Waals surface area contributed by atoms with Crippen LogP contribution in [0.3, 0.4) is 0 Å². The molecule has 22 heavy (non-hydrogen) atoms. The fourth-order valence-electron chi connectivity index (χ4n) is 2.70. The predicted molar refractivity (Wildman–Crippen MR) is 81.3 cm³/mol. The van der Waals surface area contributed by atoms with Crippen LogP contribution in [0.15, 0.2) is 30.3 Å². The van der Waals surface area contributed by atoms with E-state index in [9.17, 15) is 4.79 Å². The summed E-state index contributed by atoms with van der Waals surface area (Å²) >= 11 is 0.